The Morgan fingerprint density at radius 3 is 2.50 bits per heavy atom. The Labute approximate surface area is 62.9 Å². The zero-order valence-corrected chi connectivity index (χ0v) is 7.02. The van der Waals surface area contributed by atoms with E-state index in [1.807, 2.05) is 13.8 Å². The van der Waals surface area contributed by atoms with Crippen molar-refractivity contribution < 1.29 is 0 Å². The molecule has 0 spiro atoms. The lowest BCUT2D eigenvalue weighted by Crippen LogP contribution is -2.04. The fourth-order valence-electron chi connectivity index (χ4n) is 0.812. The van der Waals surface area contributed by atoms with Crippen LogP contribution in [0.3, 0.4) is 0 Å². The average Bonchev–Trinajstić information content (AvgIpc) is 1.86. The molecule has 0 rings (SSSR count). The summed E-state index contributed by atoms with van der Waals surface area (Å²) in [7, 11) is 0. The number of hydrogen-bond acceptors (Lipinski definition) is 2. The molecule has 1 unspecified atom stereocenters. The van der Waals surface area contributed by atoms with Gasteiger partial charge in [0.15, 0.2) is 0 Å². The van der Waals surface area contributed by atoms with Gasteiger partial charge in [0.25, 0.3) is 0 Å². The third kappa shape index (κ3) is 4.24. The van der Waals surface area contributed by atoms with Gasteiger partial charge in [0.1, 0.15) is 0 Å². The maximum atomic E-state index is 6.89. The monoisotopic (exact) mass is 140 g/mol. The van der Waals surface area contributed by atoms with Crippen LogP contribution in [0.25, 0.3) is 0 Å². The van der Waals surface area contributed by atoms with Crippen molar-refractivity contribution in [3.63, 3.8) is 0 Å². The third-order valence-electron chi connectivity index (χ3n) is 1.30. The van der Waals surface area contributed by atoms with E-state index in [0.29, 0.717) is 6.04 Å². The van der Waals surface area contributed by atoms with E-state index < -0.39 is 0 Å². The SMILES string of the molecule is CCC(CC=N)N=C(C)C. The Morgan fingerprint density at radius 2 is 2.20 bits per heavy atom. The molecule has 0 fully saturated rings. The number of nitrogens with one attached hydrogen (secondary N) is 1. The second-order valence-electron chi connectivity index (χ2n) is 2.58. The molecular weight excluding hydrogens is 124 g/mol. The molecule has 0 aromatic carbocycles. The summed E-state index contributed by atoms with van der Waals surface area (Å²) >= 11 is 0. The van der Waals surface area contributed by atoms with Crippen LogP contribution in [-0.4, -0.2) is 18.0 Å². The zero-order valence-electron chi connectivity index (χ0n) is 7.02. The van der Waals surface area contributed by atoms with Crippen LogP contribution in [0.4, 0.5) is 0 Å². The van der Waals surface area contributed by atoms with Gasteiger partial charge in [0, 0.05) is 12.1 Å². The van der Waals surface area contributed by atoms with Crippen LogP contribution in [0, 0.1) is 5.41 Å². The molecule has 0 aliphatic carbocycles. The highest BCUT2D eigenvalue weighted by Gasteiger charge is 1.99. The molecule has 0 saturated heterocycles. The number of nitrogens with zero attached hydrogens (tertiary/aromatic N) is 1. The standard InChI is InChI=1S/C8H16N2/c1-4-8(5-6-9)10-7(2)3/h6,8-9H,4-5H2,1-3H3. The van der Waals surface area contributed by atoms with Crippen LogP contribution in [0.1, 0.15) is 33.6 Å². The lowest BCUT2D eigenvalue weighted by molar-refractivity contribution is 0.681. The van der Waals surface area contributed by atoms with Gasteiger partial charge in [-0.2, -0.15) is 0 Å². The van der Waals surface area contributed by atoms with Crippen molar-refractivity contribution >= 4 is 11.9 Å². The molecule has 0 amide bonds. The molecule has 2 nitrogen and oxygen atoms in total. The van der Waals surface area contributed by atoms with Gasteiger partial charge in [-0.25, -0.2) is 0 Å². The topological polar surface area (TPSA) is 36.2 Å². The fraction of sp³-hybridized carbons (Fsp3) is 0.750. The first-order chi connectivity index (χ1) is 4.70. The van der Waals surface area contributed by atoms with Gasteiger partial charge in [0.2, 0.25) is 0 Å². The minimum absolute atomic E-state index is 0.336. The van der Waals surface area contributed by atoms with Gasteiger partial charge in [-0.15, -0.1) is 0 Å². The molecule has 0 aliphatic heterocycles. The Morgan fingerprint density at radius 1 is 1.60 bits per heavy atom. The molecule has 0 aliphatic rings. The maximum absolute atomic E-state index is 6.89. The summed E-state index contributed by atoms with van der Waals surface area (Å²) in [5, 5.41) is 6.89. The zero-order chi connectivity index (χ0) is 7.98. The van der Waals surface area contributed by atoms with Crippen molar-refractivity contribution in [3.8, 4) is 0 Å². The summed E-state index contributed by atoms with van der Waals surface area (Å²) in [6.07, 6.45) is 3.24. The van der Waals surface area contributed by atoms with Gasteiger partial charge in [-0.3, -0.25) is 4.99 Å². The minimum atomic E-state index is 0.336. The van der Waals surface area contributed by atoms with E-state index >= 15 is 0 Å². The van der Waals surface area contributed by atoms with Crippen molar-refractivity contribution in [3.05, 3.63) is 0 Å². The highest BCUT2D eigenvalue weighted by molar-refractivity contribution is 5.79. The Bertz CT molecular complexity index is 123. The summed E-state index contributed by atoms with van der Waals surface area (Å²) < 4.78 is 0. The Hall–Kier alpha value is -0.660. The Balaban J connectivity index is 3.82. The molecule has 1 N–H and O–H groups in total. The molecule has 10 heavy (non-hydrogen) atoms. The summed E-state index contributed by atoms with van der Waals surface area (Å²) in [5.74, 6) is 0. The normalized spacial score (nSPS) is 12.3. The van der Waals surface area contributed by atoms with E-state index in [0.717, 1.165) is 18.6 Å². The van der Waals surface area contributed by atoms with Crippen molar-refractivity contribution in [1.82, 2.24) is 0 Å². The molecule has 0 bridgehead atoms. The predicted molar refractivity (Wildman–Crippen MR) is 46.3 cm³/mol. The molecule has 58 valence electrons. The lowest BCUT2D eigenvalue weighted by atomic mass is 10.2. The Kier molecular flexibility index (Phi) is 4.81. The van der Waals surface area contributed by atoms with E-state index in [9.17, 15) is 0 Å². The molecule has 0 saturated carbocycles. The molecule has 0 aromatic heterocycles. The van der Waals surface area contributed by atoms with Crippen LogP contribution in [0.5, 0.6) is 0 Å². The second-order valence-corrected chi connectivity index (χ2v) is 2.58. The summed E-state index contributed by atoms with van der Waals surface area (Å²) in [6, 6.07) is 0.336. The third-order valence-corrected chi connectivity index (χ3v) is 1.30. The van der Waals surface area contributed by atoms with Crippen LogP contribution < -0.4 is 0 Å². The first-order valence-corrected chi connectivity index (χ1v) is 3.70. The fourth-order valence-corrected chi connectivity index (χ4v) is 0.812. The van der Waals surface area contributed by atoms with Gasteiger partial charge >= 0.3 is 0 Å². The number of rotatable bonds is 4. The summed E-state index contributed by atoms with van der Waals surface area (Å²) in [5.41, 5.74) is 1.11. The van der Waals surface area contributed by atoms with Crippen LogP contribution in [-0.2, 0) is 0 Å². The predicted octanol–water partition coefficient (Wildman–Crippen LogP) is 2.29. The molecular formula is C8H16N2. The number of aliphatic imine (C=N–C) groups is 1. The molecule has 0 heterocycles. The van der Waals surface area contributed by atoms with Gasteiger partial charge in [-0.05, 0) is 26.5 Å². The van der Waals surface area contributed by atoms with Crippen molar-refractivity contribution in [2.75, 3.05) is 0 Å². The number of hydrogen-bond donors (Lipinski definition) is 1. The molecule has 2 heteroatoms. The van der Waals surface area contributed by atoms with Crippen molar-refractivity contribution in [1.29, 1.82) is 5.41 Å². The largest absolute Gasteiger partial charge is 0.313 e. The van der Waals surface area contributed by atoms with Crippen LogP contribution in [0.15, 0.2) is 4.99 Å². The average molecular weight is 140 g/mol. The smallest absolute Gasteiger partial charge is 0.0545 e. The maximum Gasteiger partial charge on any atom is 0.0545 e. The quantitative estimate of drug-likeness (QED) is 0.582. The van der Waals surface area contributed by atoms with E-state index in [4.69, 9.17) is 5.41 Å². The second kappa shape index (κ2) is 5.15. The van der Waals surface area contributed by atoms with Crippen LogP contribution in [0.2, 0.25) is 0 Å². The highest BCUT2D eigenvalue weighted by atomic mass is 14.8. The highest BCUT2D eigenvalue weighted by Crippen LogP contribution is 2.01. The van der Waals surface area contributed by atoms with E-state index in [-0.39, 0.29) is 0 Å². The summed E-state index contributed by atoms with van der Waals surface area (Å²) in [4.78, 5) is 4.35. The van der Waals surface area contributed by atoms with E-state index in [1.165, 1.54) is 6.21 Å². The van der Waals surface area contributed by atoms with Gasteiger partial charge < -0.3 is 5.41 Å². The first kappa shape index (κ1) is 9.34. The molecule has 0 radical (unpaired) electrons. The van der Waals surface area contributed by atoms with Crippen molar-refractivity contribution in [2.24, 2.45) is 4.99 Å². The van der Waals surface area contributed by atoms with Gasteiger partial charge in [-0.1, -0.05) is 6.92 Å². The lowest BCUT2D eigenvalue weighted by Gasteiger charge is -2.05. The summed E-state index contributed by atoms with van der Waals surface area (Å²) in [6.45, 7) is 6.08. The van der Waals surface area contributed by atoms with Crippen LogP contribution >= 0.6 is 0 Å². The molecule has 0 aromatic rings. The first-order valence-electron chi connectivity index (χ1n) is 3.70. The van der Waals surface area contributed by atoms with Crippen molar-refractivity contribution in [2.45, 2.75) is 39.7 Å². The minimum Gasteiger partial charge on any atom is -0.313 e. The van der Waals surface area contributed by atoms with E-state index in [1.54, 1.807) is 0 Å². The van der Waals surface area contributed by atoms with Gasteiger partial charge in [0.05, 0.1) is 6.04 Å². The molecule has 1 atom stereocenters. The van der Waals surface area contributed by atoms with E-state index in [2.05, 4.69) is 11.9 Å².